The van der Waals surface area contributed by atoms with Crippen LogP contribution in [0, 0.1) is 0 Å². The van der Waals surface area contributed by atoms with Crippen molar-refractivity contribution < 1.29 is 8.42 Å². The molecule has 1 aromatic carbocycles. The molecule has 0 spiro atoms. The van der Waals surface area contributed by atoms with Gasteiger partial charge in [0.1, 0.15) is 9.23 Å². The third kappa shape index (κ3) is 3.20. The van der Waals surface area contributed by atoms with Crippen molar-refractivity contribution in [1.82, 2.24) is 0 Å². The minimum atomic E-state index is -3.77. The zero-order valence-electron chi connectivity index (χ0n) is 10.5. The molecule has 2 aromatic rings. The molecule has 0 aliphatic heterocycles. The molecule has 0 amide bonds. The fourth-order valence-corrected chi connectivity index (χ4v) is 4.90. The van der Waals surface area contributed by atoms with Crippen LogP contribution in [-0.2, 0) is 16.4 Å². The number of rotatable bonds is 4. The van der Waals surface area contributed by atoms with Gasteiger partial charge in [-0.05, 0) is 30.2 Å². The van der Waals surface area contributed by atoms with E-state index in [9.17, 15) is 8.42 Å². The normalized spacial score (nSPS) is 11.6. The zero-order valence-corrected chi connectivity index (χ0v) is 13.6. The second-order valence-electron chi connectivity index (χ2n) is 4.06. The van der Waals surface area contributed by atoms with E-state index >= 15 is 0 Å². The van der Waals surface area contributed by atoms with Crippen LogP contribution in [0.1, 0.15) is 12.5 Å². The van der Waals surface area contributed by atoms with Crippen LogP contribution in [0.3, 0.4) is 0 Å². The second kappa shape index (κ2) is 5.81. The first-order chi connectivity index (χ1) is 9.33. The topological polar surface area (TPSA) is 72.2 Å². The van der Waals surface area contributed by atoms with Crippen molar-refractivity contribution in [1.29, 1.82) is 0 Å². The Morgan fingerprint density at radius 2 is 2.00 bits per heavy atom. The molecular formula is C12H12Cl2N2O2S2. The van der Waals surface area contributed by atoms with Crippen LogP contribution in [-0.4, -0.2) is 8.42 Å². The highest BCUT2D eigenvalue weighted by Gasteiger charge is 2.21. The van der Waals surface area contributed by atoms with E-state index in [0.29, 0.717) is 15.7 Å². The number of hydrogen-bond acceptors (Lipinski definition) is 4. The molecule has 0 saturated heterocycles. The van der Waals surface area contributed by atoms with E-state index in [4.69, 9.17) is 28.9 Å². The fourth-order valence-electron chi connectivity index (χ4n) is 1.70. The number of halogens is 2. The van der Waals surface area contributed by atoms with Gasteiger partial charge in [-0.15, -0.1) is 11.3 Å². The Hall–Kier alpha value is -0.950. The van der Waals surface area contributed by atoms with Gasteiger partial charge < -0.3 is 5.73 Å². The lowest BCUT2D eigenvalue weighted by molar-refractivity contribution is 0.601. The monoisotopic (exact) mass is 350 g/mol. The Balaban J connectivity index is 2.33. The van der Waals surface area contributed by atoms with Gasteiger partial charge in [-0.25, -0.2) is 8.42 Å². The van der Waals surface area contributed by atoms with Gasteiger partial charge in [-0.1, -0.05) is 36.2 Å². The highest BCUT2D eigenvalue weighted by Crippen LogP contribution is 2.35. The average molecular weight is 351 g/mol. The van der Waals surface area contributed by atoms with Crippen molar-refractivity contribution in [2.45, 2.75) is 18.2 Å². The lowest BCUT2D eigenvalue weighted by atomic mass is 10.1. The molecule has 1 heterocycles. The Labute approximate surface area is 131 Å². The number of nitrogen functional groups attached to an aromatic ring is 1. The third-order valence-electron chi connectivity index (χ3n) is 2.69. The summed E-state index contributed by atoms with van der Waals surface area (Å²) in [7, 11) is -3.77. The standard InChI is InChI=1S/C12H12Cl2N2O2S2/c1-2-7-3-4-8(5-9(7)15)16-20(17,18)10-6-11(13)19-12(10)14/h3-6,16H,2,15H2,1H3. The molecule has 3 N–H and O–H groups in total. The second-order valence-corrected chi connectivity index (χ2v) is 8.00. The first-order valence-corrected chi connectivity index (χ1v) is 8.75. The number of sulfonamides is 1. The first kappa shape index (κ1) is 15.4. The zero-order chi connectivity index (χ0) is 14.9. The van der Waals surface area contributed by atoms with Gasteiger partial charge in [0.05, 0.1) is 10.0 Å². The summed E-state index contributed by atoms with van der Waals surface area (Å²) in [5, 5.41) is 0. The highest BCUT2D eigenvalue weighted by molar-refractivity contribution is 7.93. The van der Waals surface area contributed by atoms with Crippen LogP contribution in [0.5, 0.6) is 0 Å². The van der Waals surface area contributed by atoms with Gasteiger partial charge in [0.25, 0.3) is 10.0 Å². The van der Waals surface area contributed by atoms with Crippen LogP contribution < -0.4 is 10.5 Å². The predicted octanol–water partition coefficient (Wildman–Crippen LogP) is 4.00. The summed E-state index contributed by atoms with van der Waals surface area (Å²) in [5.41, 5.74) is 7.74. The molecule has 0 radical (unpaired) electrons. The minimum absolute atomic E-state index is 0.0349. The van der Waals surface area contributed by atoms with Crippen molar-refractivity contribution in [2.24, 2.45) is 0 Å². The van der Waals surface area contributed by atoms with Gasteiger partial charge in [0, 0.05) is 5.69 Å². The molecule has 108 valence electrons. The molecule has 2 rings (SSSR count). The summed E-state index contributed by atoms with van der Waals surface area (Å²) in [4.78, 5) is -0.0349. The van der Waals surface area contributed by atoms with E-state index in [1.165, 1.54) is 6.07 Å². The summed E-state index contributed by atoms with van der Waals surface area (Å²) in [6.07, 6.45) is 0.783. The van der Waals surface area contributed by atoms with Gasteiger partial charge in [0.15, 0.2) is 0 Å². The molecule has 0 bridgehead atoms. The summed E-state index contributed by atoms with van der Waals surface area (Å²) in [5.74, 6) is 0. The number of nitrogens with one attached hydrogen (secondary N) is 1. The summed E-state index contributed by atoms with van der Waals surface area (Å²) in [6, 6.07) is 6.35. The Bertz CT molecular complexity index is 742. The molecular weight excluding hydrogens is 339 g/mol. The van der Waals surface area contributed by atoms with Gasteiger partial charge in [-0.2, -0.15) is 0 Å². The van der Waals surface area contributed by atoms with E-state index in [2.05, 4.69) is 4.72 Å². The van der Waals surface area contributed by atoms with Gasteiger partial charge in [0.2, 0.25) is 0 Å². The van der Waals surface area contributed by atoms with Crippen molar-refractivity contribution in [3.63, 3.8) is 0 Å². The van der Waals surface area contributed by atoms with Crippen molar-refractivity contribution in [3.8, 4) is 0 Å². The molecule has 20 heavy (non-hydrogen) atoms. The smallest absolute Gasteiger partial charge is 0.264 e. The number of anilines is 2. The van der Waals surface area contributed by atoms with Crippen LogP contribution in [0.4, 0.5) is 11.4 Å². The molecule has 0 saturated carbocycles. The van der Waals surface area contributed by atoms with Crippen molar-refractivity contribution in [2.75, 3.05) is 10.5 Å². The van der Waals surface area contributed by atoms with E-state index in [-0.39, 0.29) is 9.23 Å². The van der Waals surface area contributed by atoms with Crippen molar-refractivity contribution >= 4 is 55.9 Å². The summed E-state index contributed by atoms with van der Waals surface area (Å²) in [6.45, 7) is 1.97. The van der Waals surface area contributed by atoms with Crippen LogP contribution in [0.15, 0.2) is 29.2 Å². The maximum Gasteiger partial charge on any atom is 0.264 e. The highest BCUT2D eigenvalue weighted by atomic mass is 35.5. The van der Waals surface area contributed by atoms with Gasteiger partial charge >= 0.3 is 0 Å². The molecule has 8 heteroatoms. The SMILES string of the molecule is CCc1ccc(NS(=O)(=O)c2cc(Cl)sc2Cl)cc1N. The predicted molar refractivity (Wildman–Crippen MR) is 85.4 cm³/mol. The number of aryl methyl sites for hydroxylation is 1. The fraction of sp³-hybridized carbons (Fsp3) is 0.167. The largest absolute Gasteiger partial charge is 0.398 e. The van der Waals surface area contributed by atoms with E-state index in [1.54, 1.807) is 18.2 Å². The van der Waals surface area contributed by atoms with E-state index < -0.39 is 10.0 Å². The first-order valence-electron chi connectivity index (χ1n) is 5.69. The van der Waals surface area contributed by atoms with Crippen LogP contribution in [0.25, 0.3) is 0 Å². The van der Waals surface area contributed by atoms with Crippen LogP contribution in [0.2, 0.25) is 8.67 Å². The molecule has 0 atom stereocenters. The number of hydrogen-bond donors (Lipinski definition) is 2. The van der Waals surface area contributed by atoms with E-state index in [0.717, 1.165) is 23.3 Å². The maximum atomic E-state index is 12.2. The molecule has 0 unspecified atom stereocenters. The summed E-state index contributed by atoms with van der Waals surface area (Å²) >= 11 is 12.6. The van der Waals surface area contributed by atoms with Gasteiger partial charge in [-0.3, -0.25) is 4.72 Å². The maximum absolute atomic E-state index is 12.2. The number of benzene rings is 1. The van der Waals surface area contributed by atoms with Crippen molar-refractivity contribution in [3.05, 3.63) is 38.5 Å². The Morgan fingerprint density at radius 3 is 2.50 bits per heavy atom. The van der Waals surface area contributed by atoms with E-state index in [1.807, 2.05) is 6.92 Å². The average Bonchev–Trinajstić information content (AvgIpc) is 2.69. The minimum Gasteiger partial charge on any atom is -0.398 e. The molecule has 4 nitrogen and oxygen atoms in total. The molecule has 0 fully saturated rings. The summed E-state index contributed by atoms with van der Waals surface area (Å²) < 4.78 is 27.3. The van der Waals surface area contributed by atoms with Crippen LogP contribution >= 0.6 is 34.5 Å². The lowest BCUT2D eigenvalue weighted by Gasteiger charge is -2.09. The third-order valence-corrected chi connectivity index (χ3v) is 5.83. The lowest BCUT2D eigenvalue weighted by Crippen LogP contribution is -2.12. The number of nitrogens with two attached hydrogens (primary N) is 1. The quantitative estimate of drug-likeness (QED) is 0.818. The Morgan fingerprint density at radius 1 is 1.30 bits per heavy atom. The molecule has 0 aliphatic carbocycles. The molecule has 1 aromatic heterocycles. The molecule has 0 aliphatic rings. The Kier molecular flexibility index (Phi) is 4.49. The number of thiophene rings is 1.